The van der Waals surface area contributed by atoms with E-state index in [4.69, 9.17) is 46.7 Å². The number of nitro benzene ring substituents is 2. The van der Waals surface area contributed by atoms with Gasteiger partial charge in [-0.1, -0.05) is 50.6 Å². The Kier molecular flexibility index (Phi) is 51.4. The minimum absolute atomic E-state index is 0. The molecule has 0 amide bonds. The first-order valence-corrected chi connectivity index (χ1v) is 51.8. The van der Waals surface area contributed by atoms with Gasteiger partial charge in [0.15, 0.2) is 11.5 Å². The van der Waals surface area contributed by atoms with Crippen LogP contribution in [0.15, 0.2) is 114 Å². The summed E-state index contributed by atoms with van der Waals surface area (Å²) >= 11 is 16.7. The Labute approximate surface area is 707 Å². The van der Waals surface area contributed by atoms with E-state index < -0.39 is 21.7 Å². The predicted molar refractivity (Wildman–Crippen MR) is 473 cm³/mol. The van der Waals surface area contributed by atoms with Gasteiger partial charge in [-0.2, -0.15) is 0 Å². The molecule has 1 atom stereocenters. The van der Waals surface area contributed by atoms with E-state index in [0.717, 1.165) is 83.2 Å². The van der Waals surface area contributed by atoms with E-state index >= 15 is 0 Å². The molecule has 4 saturated heterocycles. The number of anilines is 2. The molecule has 604 valence electrons. The maximum absolute atomic E-state index is 13.1. The Morgan fingerprint density at radius 3 is 1.30 bits per heavy atom. The normalized spacial score (nSPS) is 14.9. The van der Waals surface area contributed by atoms with Crippen molar-refractivity contribution in [3.63, 3.8) is 0 Å². The number of halogens is 6. The summed E-state index contributed by atoms with van der Waals surface area (Å²) in [7, 11) is 2.42. The number of aromatic carboxylic acids is 1. The number of aromatic hydroxyl groups is 3. The quantitative estimate of drug-likeness (QED) is 0.00532. The Bertz CT molecular complexity index is 3710. The molecule has 4 fully saturated rings. The topological polar surface area (TPSA) is 345 Å². The van der Waals surface area contributed by atoms with Gasteiger partial charge in [0, 0.05) is 93.6 Å². The van der Waals surface area contributed by atoms with Crippen LogP contribution in [0.1, 0.15) is 150 Å². The molecule has 0 bridgehead atoms. The first-order valence-electron chi connectivity index (χ1n) is 36.2. The second-order valence-electron chi connectivity index (χ2n) is 24.8. The number of carboxylic acids is 1. The van der Waals surface area contributed by atoms with Crippen molar-refractivity contribution < 1.29 is 74.9 Å². The van der Waals surface area contributed by atoms with Crippen molar-refractivity contribution in [2.75, 3.05) is 131 Å². The fourth-order valence-electron chi connectivity index (χ4n) is 11.8. The van der Waals surface area contributed by atoms with Gasteiger partial charge < -0.3 is 80.3 Å². The Balaban J connectivity index is 0.000000458. The third-order valence-electron chi connectivity index (χ3n) is 17.0. The monoisotopic (exact) mass is 2080 g/mol. The van der Waals surface area contributed by atoms with Crippen LogP contribution in [-0.4, -0.2) is 195 Å². The second-order valence-corrected chi connectivity index (χ2v) is 66.7. The number of nitro groups is 2. The number of aliphatic imine (C=N–C) groups is 1. The zero-order valence-electron chi connectivity index (χ0n) is 63.3. The zero-order valence-corrected chi connectivity index (χ0v) is 74.9. The molecule has 0 aliphatic carbocycles. The van der Waals surface area contributed by atoms with Gasteiger partial charge in [0.1, 0.15) is 34.5 Å². The van der Waals surface area contributed by atoms with E-state index in [-0.39, 0.29) is 61.3 Å². The number of phenolic OH excluding ortho intramolecular Hbond substituents is 3. The molecule has 9 N–H and O–H groups in total. The number of carbonyl (C=O) groups excluding carboxylic acids is 1. The average molecular weight is 2090 g/mol. The van der Waals surface area contributed by atoms with Crippen molar-refractivity contribution in [1.82, 2.24) is 19.6 Å². The number of carbonyl (C=O) groups is 2. The number of fused-ring (bicyclic) bond motifs is 1. The second kappa shape index (κ2) is 57.1. The molecule has 6 aromatic rings. The number of nitrogens with two attached hydrogens (primary N) is 2. The number of Topliss-reactive ketones (excluding diaryl/α,β-unsaturated/α-hetero) is 1. The number of hydrogen-bond acceptors (Lipinski definition) is 22. The molecule has 109 heavy (non-hydrogen) atoms. The molecule has 5 aliphatic rings. The Morgan fingerprint density at radius 2 is 0.936 bits per heavy atom. The standard InChI is InChI=1S/C24H28N2O3.C14H20N2O4.C13H18N2O4.C13H20N2O2.C8H9NO2.C2H6.CH4O.CH4.BBr3.3HI.V/c1-16-6-9-21-20(14-16)24(28)23(17(2)25-21)19-8-7-18(15-22(19)27)29-13-5-12-26-10-3-4-11-26;1-19-14-11-12(5-6-13(14)16(17)18)20-10-4-9-15-7-2-3-8-15;16-13-10-11(4-5-12(13)15(17)18)19-9-3-8-14-6-1-2-7-14;14-12-5-4-11(10-13(12)16)17-9-3-8-15-6-1-2-7-15;1-5-2-3-7(9)6(4-5)8(10)11;2*1-2;;2-1(3)4;;;;/h6-9,14-15,23,27H,3-5,10-13H2,1-2H3;5-6,11H,2-4,7-10H2,1H3;4-5,10,16H,1-3,6-9H2;4-5,10,16H,1-3,6-9,14H2;2-4H,9H2,1H3,(H,10,11);1-2H3;2H,1H3;1H4;;3*1H;/q;;;;;;;;;;;;+3/p-3/i;;;;;1D;;;;;;;. The SMILES string of the molecule is BrB(Br)Br.C.CC1=Nc2ccc(C)cc2C(=O)C1c1ccc(OCCCN2CCCC2)cc1O.CO.COc1cc(OCCCN2CCCC2)ccc1[N+](=O)[O-].Cc1ccc(N)c(C(=O)O)c1.Nc1ccc(OCCCN2CCCC2)cc1O.O=[N+]([O-])c1ccc(OCCCN2CCCC2)cc1O.[2H]CC.[I][V]([I])[I]. The number of nitrogen functional groups attached to an aromatic ring is 2. The van der Waals surface area contributed by atoms with Crippen molar-refractivity contribution in [3.05, 3.63) is 157 Å². The fraction of sp³-hybridized carbons (Fsp3) is 0.487. The summed E-state index contributed by atoms with van der Waals surface area (Å²) in [6, 6.07) is 29.5. The van der Waals surface area contributed by atoms with Gasteiger partial charge in [-0.3, -0.25) is 30.0 Å². The first kappa shape index (κ1) is 98.2. The number of hydrogen-bond donors (Lipinski definition) is 7. The molecule has 0 spiro atoms. The minimum atomic E-state index is -0.980. The number of carboxylic acid groups (broad SMARTS) is 1. The summed E-state index contributed by atoms with van der Waals surface area (Å²) in [6.45, 7) is 24.1. The number of aliphatic hydroxyl groups excluding tert-OH is 1. The number of benzene rings is 6. The zero-order chi connectivity index (χ0) is 80.8. The number of ether oxygens (including phenoxy) is 5. The van der Waals surface area contributed by atoms with Crippen LogP contribution in [0.5, 0.6) is 46.0 Å². The van der Waals surface area contributed by atoms with E-state index in [2.05, 4.69) is 132 Å². The van der Waals surface area contributed by atoms with Crippen LogP contribution >= 0.6 is 107 Å². The molecular weight excluding hydrogens is 1980 g/mol. The van der Waals surface area contributed by atoms with Gasteiger partial charge >= 0.3 is 85.4 Å². The summed E-state index contributed by atoms with van der Waals surface area (Å²) in [4.78, 5) is 57.9. The summed E-state index contributed by atoms with van der Waals surface area (Å²) in [6.07, 6.45) is 14.2. The molecule has 0 saturated carbocycles. The van der Waals surface area contributed by atoms with Gasteiger partial charge in [0.2, 0.25) is 5.75 Å². The molecule has 33 heteroatoms. The number of ketones is 1. The van der Waals surface area contributed by atoms with Gasteiger partial charge in [0.05, 0.1) is 66.2 Å². The van der Waals surface area contributed by atoms with Gasteiger partial charge in [0.25, 0.3) is 0 Å². The Morgan fingerprint density at radius 1 is 0.587 bits per heavy atom. The van der Waals surface area contributed by atoms with Crippen LogP contribution in [0.2, 0.25) is 0 Å². The summed E-state index contributed by atoms with van der Waals surface area (Å²) in [5, 5.41) is 66.4. The first-order chi connectivity index (χ1) is 52.1. The molecule has 0 aromatic heterocycles. The van der Waals surface area contributed by atoms with E-state index in [9.17, 15) is 45.1 Å². The summed E-state index contributed by atoms with van der Waals surface area (Å²) in [5.74, 6) is 0.839. The van der Waals surface area contributed by atoms with Crippen LogP contribution < -0.4 is 35.2 Å². The van der Waals surface area contributed by atoms with E-state index in [1.165, 1.54) is 122 Å². The van der Waals surface area contributed by atoms with Crippen LogP contribution in [0, 0.1) is 34.1 Å². The molecular formula is C76H109BBr3I3N9O16V. The molecule has 1 unspecified atom stereocenters. The summed E-state index contributed by atoms with van der Waals surface area (Å²) < 4.78 is 33.9. The third-order valence-corrected chi connectivity index (χ3v) is 17.0. The van der Waals surface area contributed by atoms with Gasteiger partial charge in [-0.15, -0.1) is 47.3 Å². The third kappa shape index (κ3) is 39.6. The van der Waals surface area contributed by atoms with Crippen LogP contribution in [0.4, 0.5) is 28.4 Å². The molecule has 11 rings (SSSR count). The van der Waals surface area contributed by atoms with E-state index in [1.807, 2.05) is 45.0 Å². The van der Waals surface area contributed by atoms with Gasteiger partial charge in [-0.05, 0) is 205 Å². The predicted octanol–water partition coefficient (Wildman–Crippen LogP) is 18.5. The van der Waals surface area contributed by atoms with Crippen LogP contribution in [0.3, 0.4) is 0 Å². The number of likely N-dealkylation sites (tertiary alicyclic amines) is 4. The molecule has 5 aliphatic heterocycles. The molecule has 0 radical (unpaired) electrons. The molecule has 25 nitrogen and oxygen atoms in total. The van der Waals surface area contributed by atoms with Crippen molar-refractivity contribution in [2.24, 2.45) is 4.99 Å². The van der Waals surface area contributed by atoms with Crippen molar-refractivity contribution in [2.45, 2.75) is 125 Å². The number of phenols is 3. The maximum atomic E-state index is 13.1. The fourth-order valence-corrected chi connectivity index (χ4v) is 11.8. The van der Waals surface area contributed by atoms with Gasteiger partial charge in [-0.25, -0.2) is 4.79 Å². The van der Waals surface area contributed by atoms with Crippen LogP contribution in [-0.2, 0) is 4.92 Å². The number of methoxy groups -OCH3 is 1. The number of nitrogens with zero attached hydrogens (tertiary/aromatic N) is 7. The summed E-state index contributed by atoms with van der Waals surface area (Å²) in [5.41, 5.74) is 15.9. The van der Waals surface area contributed by atoms with Crippen molar-refractivity contribution >= 4 is 156 Å². The number of aryl methyl sites for hydroxylation is 2. The average Bonchev–Trinajstić information content (AvgIpc) is 0.940. The molecule has 6 aromatic carbocycles. The molecule has 5 heterocycles. The van der Waals surface area contributed by atoms with Crippen molar-refractivity contribution in [1.29, 1.82) is 0 Å². The van der Waals surface area contributed by atoms with E-state index in [0.29, 0.717) is 90.2 Å². The Hall–Kier alpha value is -4.99. The van der Waals surface area contributed by atoms with Crippen LogP contribution in [0.25, 0.3) is 0 Å². The van der Waals surface area contributed by atoms with Crippen molar-refractivity contribution in [3.8, 4) is 46.0 Å². The number of aliphatic hydroxyl groups is 1. The number of rotatable bonds is 25. The van der Waals surface area contributed by atoms with E-state index in [1.54, 1.807) is 67.6 Å².